The predicted octanol–water partition coefficient (Wildman–Crippen LogP) is 3.30. The van der Waals surface area contributed by atoms with Crippen molar-refractivity contribution in [1.82, 2.24) is 0 Å². The third-order valence-corrected chi connectivity index (χ3v) is 2.69. The van der Waals surface area contributed by atoms with Gasteiger partial charge in [-0.05, 0) is 19.3 Å². The van der Waals surface area contributed by atoms with Gasteiger partial charge in [-0.15, -0.1) is 6.58 Å². The fraction of sp³-hybridized carbons (Fsp3) is 0.846. The lowest BCUT2D eigenvalue weighted by atomic mass is 10.0. The van der Waals surface area contributed by atoms with E-state index in [1.54, 1.807) is 13.2 Å². The SMILES string of the molecule is C=CC[C@H](O)C[C@@H](CCCCCC)OC. The minimum absolute atomic E-state index is 0.205. The Balaban J connectivity index is 3.57. The van der Waals surface area contributed by atoms with Crippen LogP contribution in [-0.2, 0) is 4.74 Å². The summed E-state index contributed by atoms with van der Waals surface area (Å²) in [6, 6.07) is 0. The summed E-state index contributed by atoms with van der Waals surface area (Å²) in [5, 5.41) is 9.60. The average molecular weight is 214 g/mol. The van der Waals surface area contributed by atoms with Gasteiger partial charge in [-0.2, -0.15) is 0 Å². The van der Waals surface area contributed by atoms with Crippen LogP contribution in [0, 0.1) is 0 Å². The van der Waals surface area contributed by atoms with Gasteiger partial charge in [0.05, 0.1) is 12.2 Å². The number of ether oxygens (including phenoxy) is 1. The summed E-state index contributed by atoms with van der Waals surface area (Å²) in [4.78, 5) is 0. The molecule has 0 aliphatic rings. The van der Waals surface area contributed by atoms with Crippen molar-refractivity contribution < 1.29 is 9.84 Å². The van der Waals surface area contributed by atoms with Gasteiger partial charge in [0.25, 0.3) is 0 Å². The van der Waals surface area contributed by atoms with E-state index in [0.717, 1.165) is 12.8 Å². The first-order chi connectivity index (χ1) is 7.24. The zero-order chi connectivity index (χ0) is 11.5. The molecule has 0 spiro atoms. The van der Waals surface area contributed by atoms with Gasteiger partial charge in [0.15, 0.2) is 0 Å². The summed E-state index contributed by atoms with van der Waals surface area (Å²) >= 11 is 0. The Morgan fingerprint density at radius 3 is 2.60 bits per heavy atom. The Labute approximate surface area is 94.3 Å². The van der Waals surface area contributed by atoms with Crippen molar-refractivity contribution in [3.05, 3.63) is 12.7 Å². The predicted molar refractivity (Wildman–Crippen MR) is 65.0 cm³/mol. The molecule has 0 fully saturated rings. The van der Waals surface area contributed by atoms with E-state index in [1.807, 2.05) is 0 Å². The van der Waals surface area contributed by atoms with Gasteiger partial charge < -0.3 is 9.84 Å². The maximum atomic E-state index is 9.60. The van der Waals surface area contributed by atoms with Crippen molar-refractivity contribution in [3.8, 4) is 0 Å². The maximum Gasteiger partial charge on any atom is 0.0599 e. The second-order valence-corrected chi connectivity index (χ2v) is 4.12. The molecule has 0 aliphatic heterocycles. The van der Waals surface area contributed by atoms with Crippen LogP contribution >= 0.6 is 0 Å². The van der Waals surface area contributed by atoms with Crippen LogP contribution in [0.1, 0.15) is 51.9 Å². The minimum Gasteiger partial charge on any atom is -0.393 e. The van der Waals surface area contributed by atoms with Crippen molar-refractivity contribution in [2.75, 3.05) is 7.11 Å². The highest BCUT2D eigenvalue weighted by Crippen LogP contribution is 2.13. The number of hydrogen-bond acceptors (Lipinski definition) is 2. The molecule has 0 radical (unpaired) electrons. The molecule has 0 aromatic heterocycles. The molecular formula is C13H26O2. The monoisotopic (exact) mass is 214 g/mol. The number of methoxy groups -OCH3 is 1. The molecule has 1 N–H and O–H groups in total. The molecule has 0 heterocycles. The Morgan fingerprint density at radius 1 is 1.33 bits per heavy atom. The van der Waals surface area contributed by atoms with E-state index in [2.05, 4.69) is 13.5 Å². The highest BCUT2D eigenvalue weighted by atomic mass is 16.5. The average Bonchev–Trinajstić information content (AvgIpc) is 2.23. The lowest BCUT2D eigenvalue weighted by molar-refractivity contribution is 0.0398. The normalized spacial score (nSPS) is 14.9. The van der Waals surface area contributed by atoms with Crippen LogP contribution in [0.5, 0.6) is 0 Å². The quantitative estimate of drug-likeness (QED) is 0.446. The van der Waals surface area contributed by atoms with Crippen LogP contribution < -0.4 is 0 Å². The fourth-order valence-corrected chi connectivity index (χ4v) is 1.72. The molecule has 2 nitrogen and oxygen atoms in total. The van der Waals surface area contributed by atoms with E-state index in [-0.39, 0.29) is 12.2 Å². The van der Waals surface area contributed by atoms with Crippen molar-refractivity contribution in [2.45, 2.75) is 64.1 Å². The van der Waals surface area contributed by atoms with Crippen LogP contribution in [0.4, 0.5) is 0 Å². The minimum atomic E-state index is -0.293. The third-order valence-electron chi connectivity index (χ3n) is 2.69. The highest BCUT2D eigenvalue weighted by Gasteiger charge is 2.12. The number of rotatable bonds is 10. The zero-order valence-electron chi connectivity index (χ0n) is 10.2. The molecule has 0 bridgehead atoms. The lowest BCUT2D eigenvalue weighted by Crippen LogP contribution is -2.19. The summed E-state index contributed by atoms with van der Waals surface area (Å²) in [5.74, 6) is 0. The van der Waals surface area contributed by atoms with E-state index in [1.165, 1.54) is 25.7 Å². The van der Waals surface area contributed by atoms with Crippen molar-refractivity contribution in [1.29, 1.82) is 0 Å². The number of aliphatic hydroxyl groups is 1. The van der Waals surface area contributed by atoms with Gasteiger partial charge in [0.1, 0.15) is 0 Å². The molecule has 0 aromatic carbocycles. The van der Waals surface area contributed by atoms with Gasteiger partial charge in [0, 0.05) is 7.11 Å². The van der Waals surface area contributed by atoms with Gasteiger partial charge in [-0.1, -0.05) is 38.7 Å². The van der Waals surface area contributed by atoms with Crippen molar-refractivity contribution in [2.24, 2.45) is 0 Å². The summed E-state index contributed by atoms with van der Waals surface area (Å²) in [6.07, 6.45) is 9.15. The zero-order valence-corrected chi connectivity index (χ0v) is 10.2. The van der Waals surface area contributed by atoms with E-state index >= 15 is 0 Å². The van der Waals surface area contributed by atoms with Gasteiger partial charge in [-0.25, -0.2) is 0 Å². The largest absolute Gasteiger partial charge is 0.393 e. The molecule has 0 aliphatic carbocycles. The second-order valence-electron chi connectivity index (χ2n) is 4.12. The highest BCUT2D eigenvalue weighted by molar-refractivity contribution is 4.75. The van der Waals surface area contributed by atoms with E-state index in [4.69, 9.17) is 4.74 Å². The Hall–Kier alpha value is -0.340. The molecule has 0 rings (SSSR count). The standard InChI is InChI=1S/C13H26O2/c1-4-6-7-8-10-13(15-3)11-12(14)9-5-2/h5,12-14H,2,4,6-11H2,1,3H3/t12-,13+/m0/s1. The molecular weight excluding hydrogens is 188 g/mol. The van der Waals surface area contributed by atoms with Crippen LogP contribution in [0.25, 0.3) is 0 Å². The van der Waals surface area contributed by atoms with E-state index in [0.29, 0.717) is 6.42 Å². The number of hydrogen-bond donors (Lipinski definition) is 1. The Kier molecular flexibility index (Phi) is 9.96. The van der Waals surface area contributed by atoms with Gasteiger partial charge in [0.2, 0.25) is 0 Å². The van der Waals surface area contributed by atoms with Gasteiger partial charge >= 0.3 is 0 Å². The third kappa shape index (κ3) is 8.64. The summed E-state index contributed by atoms with van der Waals surface area (Å²) in [7, 11) is 1.73. The molecule has 0 saturated heterocycles. The van der Waals surface area contributed by atoms with Crippen molar-refractivity contribution >= 4 is 0 Å². The fourth-order valence-electron chi connectivity index (χ4n) is 1.72. The first-order valence-corrected chi connectivity index (χ1v) is 6.06. The maximum absolute atomic E-state index is 9.60. The topological polar surface area (TPSA) is 29.5 Å². The molecule has 2 atom stereocenters. The van der Waals surface area contributed by atoms with Crippen LogP contribution in [0.3, 0.4) is 0 Å². The van der Waals surface area contributed by atoms with Crippen LogP contribution in [0.2, 0.25) is 0 Å². The smallest absolute Gasteiger partial charge is 0.0599 e. The lowest BCUT2D eigenvalue weighted by Gasteiger charge is -2.18. The van der Waals surface area contributed by atoms with Crippen molar-refractivity contribution in [3.63, 3.8) is 0 Å². The summed E-state index contributed by atoms with van der Waals surface area (Å²) in [6.45, 7) is 5.83. The molecule has 0 amide bonds. The van der Waals surface area contributed by atoms with Gasteiger partial charge in [-0.3, -0.25) is 0 Å². The van der Waals surface area contributed by atoms with E-state index < -0.39 is 0 Å². The molecule has 90 valence electrons. The molecule has 0 aromatic rings. The molecule has 0 unspecified atom stereocenters. The van der Waals surface area contributed by atoms with Crippen LogP contribution in [0.15, 0.2) is 12.7 Å². The molecule has 0 saturated carbocycles. The summed E-state index contributed by atoms with van der Waals surface area (Å²) in [5.41, 5.74) is 0. The van der Waals surface area contributed by atoms with E-state index in [9.17, 15) is 5.11 Å². The molecule has 2 heteroatoms. The summed E-state index contributed by atoms with van der Waals surface area (Å²) < 4.78 is 5.35. The van der Waals surface area contributed by atoms with Crippen LogP contribution in [-0.4, -0.2) is 24.4 Å². The molecule has 15 heavy (non-hydrogen) atoms. The first-order valence-electron chi connectivity index (χ1n) is 6.06. The Bertz CT molecular complexity index is 145. The second kappa shape index (κ2) is 10.2. The Morgan fingerprint density at radius 2 is 2.07 bits per heavy atom. The number of aliphatic hydroxyl groups excluding tert-OH is 1. The first kappa shape index (κ1) is 14.7. The number of unbranched alkanes of at least 4 members (excludes halogenated alkanes) is 3.